The second kappa shape index (κ2) is 8.45. The van der Waals surface area contributed by atoms with Gasteiger partial charge in [0.2, 0.25) is 15.9 Å². The molecule has 1 heterocycles. The van der Waals surface area contributed by atoms with Crippen LogP contribution in [0.15, 0.2) is 41.3 Å². The van der Waals surface area contributed by atoms with Crippen molar-refractivity contribution >= 4 is 27.5 Å². The van der Waals surface area contributed by atoms with Crippen LogP contribution in [0.25, 0.3) is 0 Å². The van der Waals surface area contributed by atoms with Crippen molar-refractivity contribution in [1.82, 2.24) is 4.31 Å². The second-order valence-corrected chi connectivity index (χ2v) is 10.8. The van der Waals surface area contributed by atoms with E-state index in [2.05, 4.69) is 0 Å². The fourth-order valence-electron chi connectivity index (χ4n) is 5.11. The highest BCUT2D eigenvalue weighted by Crippen LogP contribution is 2.38. The molecule has 32 heavy (non-hydrogen) atoms. The lowest BCUT2D eigenvalue weighted by Crippen LogP contribution is -2.50. The highest BCUT2D eigenvalue weighted by molar-refractivity contribution is 7.89. The van der Waals surface area contributed by atoms with E-state index in [1.165, 1.54) is 4.31 Å². The molecule has 0 radical (unpaired) electrons. The molecular weight excluding hydrogens is 424 g/mol. The van der Waals surface area contributed by atoms with Crippen molar-refractivity contribution in [3.63, 3.8) is 0 Å². The number of benzene rings is 2. The minimum Gasteiger partial charge on any atom is -0.274 e. The molecule has 2 aromatic carbocycles. The van der Waals surface area contributed by atoms with Crippen LogP contribution in [0.4, 0.5) is 5.69 Å². The third-order valence-electron chi connectivity index (χ3n) is 6.96. The van der Waals surface area contributed by atoms with Crippen molar-refractivity contribution in [2.45, 2.75) is 76.8 Å². The van der Waals surface area contributed by atoms with Crippen molar-refractivity contribution in [3.05, 3.63) is 58.7 Å². The topological polar surface area (TPSA) is 74.8 Å². The summed E-state index contributed by atoms with van der Waals surface area (Å²) in [7, 11) is -4.00. The van der Waals surface area contributed by atoms with Gasteiger partial charge in [-0.05, 0) is 74.9 Å². The Hall–Kier alpha value is -2.51. The Kier molecular flexibility index (Phi) is 5.98. The summed E-state index contributed by atoms with van der Waals surface area (Å²) < 4.78 is 29.8. The van der Waals surface area contributed by atoms with E-state index in [1.54, 1.807) is 24.3 Å². The van der Waals surface area contributed by atoms with Gasteiger partial charge in [0, 0.05) is 6.04 Å². The van der Waals surface area contributed by atoms with Gasteiger partial charge < -0.3 is 0 Å². The highest BCUT2D eigenvalue weighted by Gasteiger charge is 2.50. The number of hydrogen-bond acceptors (Lipinski definition) is 4. The normalized spacial score (nSPS) is 20.0. The van der Waals surface area contributed by atoms with E-state index >= 15 is 0 Å². The quantitative estimate of drug-likeness (QED) is 0.635. The number of carbonyl (C=O) groups is 2. The van der Waals surface area contributed by atoms with Gasteiger partial charge >= 0.3 is 0 Å². The lowest BCUT2D eigenvalue weighted by atomic mass is 10.0. The first-order valence-electron chi connectivity index (χ1n) is 11.2. The van der Waals surface area contributed by atoms with Crippen LogP contribution in [-0.4, -0.2) is 36.6 Å². The van der Waals surface area contributed by atoms with Crippen molar-refractivity contribution in [2.75, 3.05) is 4.90 Å². The Morgan fingerprint density at radius 3 is 2.03 bits per heavy atom. The molecule has 0 N–H and O–H groups in total. The van der Waals surface area contributed by atoms with Crippen molar-refractivity contribution in [1.29, 1.82) is 0 Å². The number of hydrogen-bond donors (Lipinski definition) is 0. The number of para-hydroxylation sites is 1. The van der Waals surface area contributed by atoms with Gasteiger partial charge in [-0.2, -0.15) is 4.31 Å². The molecule has 2 amide bonds. The number of sulfonamides is 1. The zero-order chi connectivity index (χ0) is 23.2. The SMILES string of the molecule is Cc1cc(C)c(C)c(S(=O)(=O)N(C2CCCC2)C2CC(=O)N(c3ccccc3)C2=O)c1C. The van der Waals surface area contributed by atoms with Crippen LogP contribution in [0.5, 0.6) is 0 Å². The summed E-state index contributed by atoms with van der Waals surface area (Å²) in [5.41, 5.74) is 3.68. The summed E-state index contributed by atoms with van der Waals surface area (Å²) >= 11 is 0. The maximum Gasteiger partial charge on any atom is 0.252 e. The smallest absolute Gasteiger partial charge is 0.252 e. The molecule has 1 unspecified atom stereocenters. The van der Waals surface area contributed by atoms with Gasteiger partial charge in [-0.15, -0.1) is 0 Å². The summed E-state index contributed by atoms with van der Waals surface area (Å²) in [5, 5.41) is 0. The van der Waals surface area contributed by atoms with Gasteiger partial charge in [0.15, 0.2) is 0 Å². The van der Waals surface area contributed by atoms with Crippen LogP contribution < -0.4 is 4.90 Å². The largest absolute Gasteiger partial charge is 0.274 e. The molecule has 6 nitrogen and oxygen atoms in total. The van der Waals surface area contributed by atoms with Crippen LogP contribution in [0, 0.1) is 27.7 Å². The Bertz CT molecular complexity index is 1140. The molecule has 0 aromatic heterocycles. The summed E-state index contributed by atoms with van der Waals surface area (Å²) in [6.45, 7) is 7.45. The Morgan fingerprint density at radius 1 is 0.906 bits per heavy atom. The molecule has 4 rings (SSSR count). The number of amides is 2. The second-order valence-electron chi connectivity index (χ2n) is 8.99. The molecule has 2 aromatic rings. The van der Waals surface area contributed by atoms with E-state index in [0.29, 0.717) is 29.7 Å². The number of aryl methyl sites for hydroxylation is 2. The van der Waals surface area contributed by atoms with E-state index < -0.39 is 22.0 Å². The van der Waals surface area contributed by atoms with Gasteiger partial charge in [-0.25, -0.2) is 13.3 Å². The molecule has 2 aliphatic rings. The van der Waals surface area contributed by atoms with Crippen LogP contribution in [-0.2, 0) is 19.6 Å². The maximum absolute atomic E-state index is 14.2. The average molecular weight is 455 g/mol. The number of anilines is 1. The Labute approximate surface area is 190 Å². The lowest BCUT2D eigenvalue weighted by Gasteiger charge is -2.33. The maximum atomic E-state index is 14.2. The molecule has 7 heteroatoms. The fraction of sp³-hybridized carbons (Fsp3) is 0.440. The minimum absolute atomic E-state index is 0.133. The molecule has 0 spiro atoms. The molecule has 1 atom stereocenters. The zero-order valence-electron chi connectivity index (χ0n) is 19.1. The predicted molar refractivity (Wildman–Crippen MR) is 124 cm³/mol. The van der Waals surface area contributed by atoms with E-state index in [9.17, 15) is 18.0 Å². The molecule has 1 saturated carbocycles. The molecule has 2 fully saturated rings. The number of rotatable bonds is 5. The van der Waals surface area contributed by atoms with Gasteiger partial charge in [-0.3, -0.25) is 9.59 Å². The lowest BCUT2D eigenvalue weighted by molar-refractivity contribution is -0.122. The summed E-state index contributed by atoms with van der Waals surface area (Å²) in [5.74, 6) is -0.824. The van der Waals surface area contributed by atoms with Gasteiger partial charge in [0.05, 0.1) is 17.0 Å². The Morgan fingerprint density at radius 2 is 1.47 bits per heavy atom. The number of imide groups is 1. The molecular formula is C25H30N2O4S. The van der Waals surface area contributed by atoms with Gasteiger partial charge in [0.25, 0.3) is 5.91 Å². The van der Waals surface area contributed by atoms with Crippen LogP contribution in [0.1, 0.15) is 54.4 Å². The van der Waals surface area contributed by atoms with E-state index in [4.69, 9.17) is 0 Å². The summed E-state index contributed by atoms with van der Waals surface area (Å²) in [6.07, 6.45) is 3.10. The third-order valence-corrected chi connectivity index (χ3v) is 9.20. The predicted octanol–water partition coefficient (Wildman–Crippen LogP) is 4.19. The highest BCUT2D eigenvalue weighted by atomic mass is 32.2. The van der Waals surface area contributed by atoms with Crippen LogP contribution >= 0.6 is 0 Å². The number of carbonyl (C=O) groups excluding carboxylic acids is 2. The van der Waals surface area contributed by atoms with Gasteiger partial charge in [-0.1, -0.05) is 37.1 Å². The van der Waals surface area contributed by atoms with E-state index in [0.717, 1.165) is 28.9 Å². The first kappa shape index (κ1) is 22.7. The van der Waals surface area contributed by atoms with Gasteiger partial charge in [0.1, 0.15) is 6.04 Å². The summed E-state index contributed by atoms with van der Waals surface area (Å²) in [4.78, 5) is 27.8. The van der Waals surface area contributed by atoms with Crippen molar-refractivity contribution in [3.8, 4) is 0 Å². The fourth-order valence-corrected chi connectivity index (χ4v) is 7.52. The number of nitrogens with zero attached hydrogens (tertiary/aromatic N) is 2. The third kappa shape index (κ3) is 3.67. The minimum atomic E-state index is -4.00. The summed E-state index contributed by atoms with van der Waals surface area (Å²) in [6, 6.07) is 9.43. The van der Waals surface area contributed by atoms with E-state index in [1.807, 2.05) is 39.8 Å². The van der Waals surface area contributed by atoms with Crippen molar-refractivity contribution < 1.29 is 18.0 Å². The first-order valence-corrected chi connectivity index (χ1v) is 12.6. The molecule has 1 saturated heterocycles. The molecule has 1 aliphatic carbocycles. The molecule has 0 bridgehead atoms. The van der Waals surface area contributed by atoms with Crippen LogP contribution in [0.3, 0.4) is 0 Å². The molecule has 170 valence electrons. The van der Waals surface area contributed by atoms with Crippen LogP contribution in [0.2, 0.25) is 0 Å². The zero-order valence-corrected chi connectivity index (χ0v) is 19.9. The average Bonchev–Trinajstić information content (AvgIpc) is 3.36. The first-order chi connectivity index (χ1) is 15.1. The monoisotopic (exact) mass is 454 g/mol. The Balaban J connectivity index is 1.83. The standard InChI is InChI=1S/C25H30N2O4S/c1-16-14-17(2)19(4)24(18(16)3)32(30,31)27(21-12-8-9-13-21)22-15-23(28)26(25(22)29)20-10-6-5-7-11-20/h5-7,10-11,14,21-22H,8-9,12-13,15H2,1-4H3. The van der Waals surface area contributed by atoms with Crippen molar-refractivity contribution in [2.24, 2.45) is 0 Å². The molecule has 1 aliphatic heterocycles. The van der Waals surface area contributed by atoms with E-state index in [-0.39, 0.29) is 23.3 Å².